The number of ether oxygens (including phenoxy) is 1. The van der Waals surface area contributed by atoms with Crippen molar-refractivity contribution in [1.29, 1.82) is 0 Å². The van der Waals surface area contributed by atoms with E-state index in [1.165, 1.54) is 6.42 Å². The van der Waals surface area contributed by atoms with Crippen molar-refractivity contribution in [1.82, 2.24) is 14.9 Å². The van der Waals surface area contributed by atoms with Crippen molar-refractivity contribution in [3.63, 3.8) is 0 Å². The highest BCUT2D eigenvalue weighted by atomic mass is 35.5. The van der Waals surface area contributed by atoms with E-state index in [0.717, 1.165) is 54.4 Å². The molecule has 0 radical (unpaired) electrons. The van der Waals surface area contributed by atoms with Crippen molar-refractivity contribution >= 4 is 22.6 Å². The lowest BCUT2D eigenvalue weighted by molar-refractivity contribution is 0.190. The minimum absolute atomic E-state index is 0.365. The first-order valence-electron chi connectivity index (χ1n) is 7.17. The summed E-state index contributed by atoms with van der Waals surface area (Å²) in [5, 5.41) is 4.29. The molecule has 0 amide bonds. The predicted octanol–water partition coefficient (Wildman–Crippen LogP) is 3.15. The molecule has 1 aromatic heterocycles. The minimum atomic E-state index is 0.365. The molecule has 1 aromatic carbocycles. The Kier molecular flexibility index (Phi) is 4.24. The summed E-state index contributed by atoms with van der Waals surface area (Å²) in [6.45, 7) is 2.75. The highest BCUT2D eigenvalue weighted by Gasteiger charge is 2.23. The molecule has 2 aromatic rings. The van der Waals surface area contributed by atoms with Crippen molar-refractivity contribution in [2.24, 2.45) is 0 Å². The van der Waals surface area contributed by atoms with Gasteiger partial charge in [-0.05, 0) is 44.0 Å². The number of halogens is 1. The first kappa shape index (κ1) is 13.9. The Morgan fingerprint density at radius 2 is 2.40 bits per heavy atom. The predicted molar refractivity (Wildman–Crippen MR) is 81.2 cm³/mol. The van der Waals surface area contributed by atoms with E-state index in [1.54, 1.807) is 7.11 Å². The normalized spacial score (nSPS) is 19.0. The zero-order valence-electron chi connectivity index (χ0n) is 11.7. The fourth-order valence-corrected chi connectivity index (χ4v) is 3.05. The Balaban J connectivity index is 1.99. The average Bonchev–Trinajstić information content (AvgIpc) is 3.07. The number of nitrogens with zero attached hydrogens (tertiary/aromatic N) is 2. The molecule has 1 atom stereocenters. The smallest absolute Gasteiger partial charge is 0.127 e. The summed E-state index contributed by atoms with van der Waals surface area (Å²) in [7, 11) is 1.74. The number of aromatic nitrogens is 2. The minimum Gasteiger partial charge on any atom is -0.385 e. The molecule has 0 aliphatic carbocycles. The highest BCUT2D eigenvalue weighted by Crippen LogP contribution is 2.28. The Bertz CT molecular complexity index is 590. The number of hydrogen-bond acceptors (Lipinski definition) is 3. The fourth-order valence-electron chi connectivity index (χ4n) is 2.89. The lowest BCUT2D eigenvalue weighted by Crippen LogP contribution is -2.18. The van der Waals surface area contributed by atoms with Gasteiger partial charge in [-0.2, -0.15) is 0 Å². The van der Waals surface area contributed by atoms with Crippen LogP contribution in [0.3, 0.4) is 0 Å². The number of rotatable bonds is 5. The van der Waals surface area contributed by atoms with Crippen LogP contribution < -0.4 is 5.32 Å². The first-order chi connectivity index (χ1) is 9.79. The molecule has 108 valence electrons. The van der Waals surface area contributed by atoms with Gasteiger partial charge in [-0.25, -0.2) is 4.98 Å². The van der Waals surface area contributed by atoms with Gasteiger partial charge in [-0.3, -0.25) is 0 Å². The quantitative estimate of drug-likeness (QED) is 0.861. The van der Waals surface area contributed by atoms with Gasteiger partial charge in [0.15, 0.2) is 0 Å². The zero-order valence-corrected chi connectivity index (χ0v) is 12.5. The van der Waals surface area contributed by atoms with E-state index >= 15 is 0 Å². The van der Waals surface area contributed by atoms with Crippen molar-refractivity contribution in [2.75, 3.05) is 20.3 Å². The Hall–Kier alpha value is -1.10. The van der Waals surface area contributed by atoms with Crippen LogP contribution in [0, 0.1) is 0 Å². The summed E-state index contributed by atoms with van der Waals surface area (Å²) in [5.74, 6) is 1.14. The van der Waals surface area contributed by atoms with Gasteiger partial charge < -0.3 is 14.6 Å². The van der Waals surface area contributed by atoms with E-state index in [4.69, 9.17) is 21.3 Å². The van der Waals surface area contributed by atoms with Gasteiger partial charge in [0.05, 0.1) is 17.1 Å². The molecular weight excluding hydrogens is 274 g/mol. The Morgan fingerprint density at radius 3 is 3.15 bits per heavy atom. The van der Waals surface area contributed by atoms with Crippen LogP contribution in [0.4, 0.5) is 0 Å². The van der Waals surface area contributed by atoms with Gasteiger partial charge in [0.1, 0.15) is 5.82 Å². The molecule has 5 heteroatoms. The van der Waals surface area contributed by atoms with Gasteiger partial charge in [0.25, 0.3) is 0 Å². The second-order valence-electron chi connectivity index (χ2n) is 5.25. The van der Waals surface area contributed by atoms with Gasteiger partial charge in [-0.15, -0.1) is 0 Å². The monoisotopic (exact) mass is 293 g/mol. The summed E-state index contributed by atoms with van der Waals surface area (Å²) in [5.41, 5.74) is 2.15. The molecule has 1 unspecified atom stereocenters. The highest BCUT2D eigenvalue weighted by molar-refractivity contribution is 6.31. The van der Waals surface area contributed by atoms with Crippen LogP contribution >= 0.6 is 11.6 Å². The Labute approximate surface area is 124 Å². The lowest BCUT2D eigenvalue weighted by Gasteiger charge is -2.14. The van der Waals surface area contributed by atoms with Crippen molar-refractivity contribution < 1.29 is 4.74 Å². The number of methoxy groups -OCH3 is 1. The van der Waals surface area contributed by atoms with E-state index in [9.17, 15) is 0 Å². The SMILES string of the molecule is COCCCn1c(C2CCCN2)nc2ccc(Cl)cc21. The second kappa shape index (κ2) is 6.12. The van der Waals surface area contributed by atoms with E-state index in [2.05, 4.69) is 9.88 Å². The van der Waals surface area contributed by atoms with Crippen LogP contribution in [-0.4, -0.2) is 29.8 Å². The van der Waals surface area contributed by atoms with E-state index in [-0.39, 0.29) is 0 Å². The van der Waals surface area contributed by atoms with Gasteiger partial charge in [0, 0.05) is 25.3 Å². The van der Waals surface area contributed by atoms with Crippen molar-refractivity contribution in [3.05, 3.63) is 29.0 Å². The standard InChI is InChI=1S/C15H20ClN3O/c1-20-9-3-8-19-14-10-11(16)5-6-12(14)18-15(19)13-4-2-7-17-13/h5-6,10,13,17H,2-4,7-9H2,1H3. The molecule has 1 saturated heterocycles. The maximum absolute atomic E-state index is 6.14. The number of imidazole rings is 1. The number of nitrogens with one attached hydrogen (secondary N) is 1. The molecule has 4 nitrogen and oxygen atoms in total. The van der Waals surface area contributed by atoms with E-state index < -0.39 is 0 Å². The van der Waals surface area contributed by atoms with Crippen LogP contribution in [-0.2, 0) is 11.3 Å². The third-order valence-corrected chi connectivity index (χ3v) is 4.08. The molecule has 3 rings (SSSR count). The van der Waals surface area contributed by atoms with Crippen LogP contribution in [0.2, 0.25) is 5.02 Å². The maximum atomic E-state index is 6.14. The van der Waals surface area contributed by atoms with E-state index in [1.807, 2.05) is 18.2 Å². The topological polar surface area (TPSA) is 39.1 Å². The molecule has 0 bridgehead atoms. The van der Waals surface area contributed by atoms with Crippen molar-refractivity contribution in [2.45, 2.75) is 31.8 Å². The van der Waals surface area contributed by atoms with Crippen LogP contribution in [0.25, 0.3) is 11.0 Å². The Morgan fingerprint density at radius 1 is 1.50 bits per heavy atom. The third kappa shape index (κ3) is 2.68. The molecule has 1 aliphatic heterocycles. The van der Waals surface area contributed by atoms with Gasteiger partial charge in [-0.1, -0.05) is 11.6 Å². The van der Waals surface area contributed by atoms with Crippen molar-refractivity contribution in [3.8, 4) is 0 Å². The summed E-state index contributed by atoms with van der Waals surface area (Å²) in [4.78, 5) is 4.82. The van der Waals surface area contributed by atoms with Gasteiger partial charge >= 0.3 is 0 Å². The number of benzene rings is 1. The number of fused-ring (bicyclic) bond motifs is 1. The summed E-state index contributed by atoms with van der Waals surface area (Å²) >= 11 is 6.14. The molecule has 1 aliphatic rings. The van der Waals surface area contributed by atoms with Crippen LogP contribution in [0.15, 0.2) is 18.2 Å². The first-order valence-corrected chi connectivity index (χ1v) is 7.55. The maximum Gasteiger partial charge on any atom is 0.127 e. The number of hydrogen-bond donors (Lipinski definition) is 1. The van der Waals surface area contributed by atoms with Crippen LogP contribution in [0.1, 0.15) is 31.1 Å². The molecule has 1 fully saturated rings. The summed E-state index contributed by atoms with van der Waals surface area (Å²) in [6.07, 6.45) is 3.35. The summed E-state index contributed by atoms with van der Waals surface area (Å²) in [6, 6.07) is 6.28. The average molecular weight is 294 g/mol. The van der Waals surface area contributed by atoms with E-state index in [0.29, 0.717) is 6.04 Å². The van der Waals surface area contributed by atoms with Gasteiger partial charge in [0.2, 0.25) is 0 Å². The molecule has 0 saturated carbocycles. The molecular formula is C15H20ClN3O. The molecule has 2 heterocycles. The number of aryl methyl sites for hydroxylation is 1. The zero-order chi connectivity index (χ0) is 13.9. The van der Waals surface area contributed by atoms with Crippen LogP contribution in [0.5, 0.6) is 0 Å². The largest absolute Gasteiger partial charge is 0.385 e. The lowest BCUT2D eigenvalue weighted by atomic mass is 10.2. The third-order valence-electron chi connectivity index (χ3n) is 3.84. The summed E-state index contributed by atoms with van der Waals surface area (Å²) < 4.78 is 7.46. The fraction of sp³-hybridized carbons (Fsp3) is 0.533. The second-order valence-corrected chi connectivity index (χ2v) is 5.69. The molecule has 20 heavy (non-hydrogen) atoms. The molecule has 0 spiro atoms. The molecule has 1 N–H and O–H groups in total.